The van der Waals surface area contributed by atoms with E-state index in [4.69, 9.17) is 42.1 Å². The highest BCUT2D eigenvalue weighted by atomic mass is 35.5. The van der Waals surface area contributed by atoms with Crippen molar-refractivity contribution >= 4 is 43.4 Å². The normalized spacial score (nSPS) is 13.3. The fourth-order valence-corrected chi connectivity index (χ4v) is 13.6. The average Bonchev–Trinajstić information content (AvgIpc) is 1.03. The molecule has 8 atom stereocenters. The van der Waals surface area contributed by atoms with Crippen molar-refractivity contribution in [2.75, 3.05) is 12.5 Å². The Hall–Kier alpha value is -6.94. The van der Waals surface area contributed by atoms with Crippen LogP contribution in [0.4, 0.5) is 0 Å². The van der Waals surface area contributed by atoms with Gasteiger partial charge >= 0.3 is 0 Å². The van der Waals surface area contributed by atoms with Crippen molar-refractivity contribution in [3.05, 3.63) is 283 Å². The van der Waals surface area contributed by atoms with Gasteiger partial charge in [-0.1, -0.05) is 305 Å². The van der Waals surface area contributed by atoms with Crippen LogP contribution in [0.25, 0.3) is 0 Å². The molecule has 2 N–H and O–H groups in total. The Morgan fingerprint density at radius 1 is 0.263 bits per heavy atom. The summed E-state index contributed by atoms with van der Waals surface area (Å²) >= 11 is 11.9. The molecule has 0 saturated carbocycles. The van der Waals surface area contributed by atoms with Crippen LogP contribution < -0.4 is 0 Å². The van der Waals surface area contributed by atoms with Gasteiger partial charge in [0.1, 0.15) is 0 Å². The largest absolute Gasteiger partial charge is 0.389 e. The van der Waals surface area contributed by atoms with Crippen molar-refractivity contribution in [2.24, 2.45) is 47.3 Å². The Bertz CT molecular complexity index is 3770. The zero-order valence-corrected chi connectivity index (χ0v) is 77.3. The third kappa shape index (κ3) is 49.9. The molecule has 628 valence electrons. The van der Waals surface area contributed by atoms with Gasteiger partial charge in [-0.15, -0.1) is 23.2 Å². The Labute approximate surface area is 704 Å². The number of nitrogens with zero attached hydrogens (tertiary/aromatic N) is 2. The smallest absolute Gasteiger partial charge is 0.264 e. The van der Waals surface area contributed by atoms with Gasteiger partial charge in [-0.2, -0.15) is 27.4 Å². The monoisotopic (exact) mass is 1630 g/mol. The standard InChI is InChI=1S/2C13H17N.2C13H20O3S.2C12H17Cl.2C12H18O/c2*1-10(2)8-12-4-6-13(7-5-12)11(3)9-14;2*1-10(2)9-12-5-7-13(8-6-12)11(3)16-17(4,14)15;4*1-9(2)8-11-4-6-12(7-5-11)10(3)13/h2*4-7,10-11H,8H2,1-3H3;2*5-8,10-11H,9H2,1-4H3;2*4-7,9-10H,8H2,1-3H3;2*4-7,9-10,13H,8H2,1-3H3/t4*11-;4*10-/m10101010/s1. The number of halogens is 2. The topological polar surface area (TPSA) is 175 Å². The molecular weight excluding hydrogens is 1490 g/mol. The minimum absolute atomic E-state index is 0.00287. The van der Waals surface area contributed by atoms with E-state index in [-0.39, 0.29) is 34.8 Å². The molecule has 0 amide bonds. The maximum atomic E-state index is 11.0. The van der Waals surface area contributed by atoms with Crippen LogP contribution in [0.1, 0.15) is 302 Å². The summed E-state index contributed by atoms with van der Waals surface area (Å²) in [6.07, 6.45) is 9.37. The SMILES string of the molecule is CC(C)Cc1ccc([C@@H](C)C#N)cc1.CC(C)Cc1ccc([C@@H](C)Cl)cc1.CC(C)Cc1ccc([C@@H](C)O)cc1.CC(C)Cc1ccc([C@@H](C)OS(C)(=O)=O)cc1.CC(C)Cc1ccc([C@H](C)C#N)cc1.CC(C)Cc1ccc([C@H](C)Cl)cc1.CC(C)Cc1ccc([C@H](C)O)cc1.CC(C)Cc1ccc([C@H](C)OS(C)(=O)=O)cc1. The molecule has 0 unspecified atom stereocenters. The number of aliphatic hydroxyl groups excluding tert-OH is 2. The van der Waals surface area contributed by atoms with E-state index in [1.54, 1.807) is 27.7 Å². The van der Waals surface area contributed by atoms with Crippen LogP contribution in [0, 0.1) is 70.0 Å². The van der Waals surface area contributed by atoms with Crippen LogP contribution in [0.2, 0.25) is 0 Å². The van der Waals surface area contributed by atoms with Gasteiger partial charge in [0, 0.05) is 0 Å². The third-order valence-electron chi connectivity index (χ3n) is 17.8. The van der Waals surface area contributed by atoms with Crippen molar-refractivity contribution in [3.63, 3.8) is 0 Å². The summed E-state index contributed by atoms with van der Waals surface area (Å²) in [5.74, 6) is 5.44. The summed E-state index contributed by atoms with van der Waals surface area (Å²) in [5, 5.41) is 36.3. The van der Waals surface area contributed by atoms with Gasteiger partial charge in [0.25, 0.3) is 20.2 Å². The van der Waals surface area contributed by atoms with Crippen LogP contribution in [0.15, 0.2) is 194 Å². The van der Waals surface area contributed by atoms with E-state index in [1.807, 2.05) is 100 Å². The summed E-state index contributed by atoms with van der Waals surface area (Å²) in [6.45, 7) is 50.2. The number of benzene rings is 8. The molecule has 0 fully saturated rings. The number of alkyl halides is 2. The number of rotatable bonds is 28. The highest BCUT2D eigenvalue weighted by Crippen LogP contribution is 2.26. The molecule has 8 aromatic rings. The number of aliphatic hydroxyl groups is 2. The van der Waals surface area contributed by atoms with Gasteiger partial charge in [-0.3, -0.25) is 8.37 Å². The molecular formula is C100H144Cl2N2O8S2. The quantitative estimate of drug-likeness (QED) is 0.0355. The van der Waals surface area contributed by atoms with Crippen molar-refractivity contribution in [1.29, 1.82) is 10.5 Å². The van der Waals surface area contributed by atoms with Gasteiger partial charge < -0.3 is 10.2 Å². The Morgan fingerprint density at radius 2 is 0.404 bits per heavy atom. The summed E-state index contributed by atoms with van der Waals surface area (Å²) in [7, 11) is -6.80. The Balaban J connectivity index is 0.000000653. The maximum absolute atomic E-state index is 11.0. The molecule has 114 heavy (non-hydrogen) atoms. The van der Waals surface area contributed by atoms with Crippen molar-refractivity contribution < 1.29 is 35.4 Å². The van der Waals surface area contributed by atoms with E-state index >= 15 is 0 Å². The second kappa shape index (κ2) is 55.6. The lowest BCUT2D eigenvalue weighted by Gasteiger charge is -2.12. The second-order valence-electron chi connectivity index (χ2n) is 33.9. The third-order valence-corrected chi connectivity index (χ3v) is 19.6. The molecule has 0 heterocycles. The molecule has 8 rings (SSSR count). The lowest BCUT2D eigenvalue weighted by atomic mass is 9.98. The first-order valence-electron chi connectivity index (χ1n) is 41.1. The number of hydrogen-bond donors (Lipinski definition) is 2. The second-order valence-corrected chi connectivity index (χ2v) is 38.4. The molecule has 0 aromatic heterocycles. The van der Waals surface area contributed by atoms with E-state index in [1.165, 1.54) is 55.6 Å². The van der Waals surface area contributed by atoms with Crippen LogP contribution in [-0.2, 0) is 80.0 Å². The zero-order chi connectivity index (χ0) is 86.6. The van der Waals surface area contributed by atoms with Gasteiger partial charge in [0.15, 0.2) is 0 Å². The lowest BCUT2D eigenvalue weighted by Crippen LogP contribution is -2.07. The molecule has 0 saturated heterocycles. The molecule has 10 nitrogen and oxygen atoms in total. The molecule has 14 heteroatoms. The first kappa shape index (κ1) is 105. The van der Waals surface area contributed by atoms with E-state index in [9.17, 15) is 27.0 Å². The summed E-state index contributed by atoms with van der Waals surface area (Å²) < 4.78 is 53.9. The lowest BCUT2D eigenvalue weighted by molar-refractivity contribution is 0.199. The van der Waals surface area contributed by atoms with E-state index in [2.05, 4.69) is 244 Å². The number of nitriles is 2. The Morgan fingerprint density at radius 3 is 0.526 bits per heavy atom. The van der Waals surface area contributed by atoms with Gasteiger partial charge in [-0.25, -0.2) is 0 Å². The minimum Gasteiger partial charge on any atom is -0.389 e. The van der Waals surface area contributed by atoms with Crippen molar-refractivity contribution in [1.82, 2.24) is 0 Å². The summed E-state index contributed by atoms with van der Waals surface area (Å²) in [4.78, 5) is 0. The maximum Gasteiger partial charge on any atom is 0.264 e. The summed E-state index contributed by atoms with van der Waals surface area (Å²) in [6, 6.07) is 70.6. The zero-order valence-electron chi connectivity index (χ0n) is 74.2. The molecule has 8 aromatic carbocycles. The predicted molar refractivity (Wildman–Crippen MR) is 486 cm³/mol. The van der Waals surface area contributed by atoms with Crippen LogP contribution in [0.5, 0.6) is 0 Å². The minimum atomic E-state index is -3.40. The van der Waals surface area contributed by atoms with Crippen LogP contribution in [0.3, 0.4) is 0 Å². The highest BCUT2D eigenvalue weighted by Gasteiger charge is 2.15. The molecule has 0 aliphatic rings. The van der Waals surface area contributed by atoms with Gasteiger partial charge in [0.2, 0.25) is 0 Å². The highest BCUT2D eigenvalue weighted by molar-refractivity contribution is 7.86. The molecule has 0 aliphatic heterocycles. The first-order chi connectivity index (χ1) is 53.2. The van der Waals surface area contributed by atoms with Crippen molar-refractivity contribution in [2.45, 2.75) is 265 Å². The molecule has 0 radical (unpaired) electrons. The Kier molecular flexibility index (Phi) is 51.3. The number of hydrogen-bond acceptors (Lipinski definition) is 10. The van der Waals surface area contributed by atoms with Crippen molar-refractivity contribution in [3.8, 4) is 12.1 Å². The average molecular weight is 1640 g/mol. The van der Waals surface area contributed by atoms with Gasteiger partial charge in [0.05, 0.1) is 71.7 Å². The fourth-order valence-electron chi connectivity index (χ4n) is 12.0. The van der Waals surface area contributed by atoms with Gasteiger partial charge in [-0.05, 0) is 243 Å². The molecule has 0 aliphatic carbocycles. The molecule has 0 bridgehead atoms. The summed E-state index contributed by atoms with van der Waals surface area (Å²) in [5.41, 5.74) is 19.1. The van der Waals surface area contributed by atoms with Crippen LogP contribution >= 0.6 is 23.2 Å². The predicted octanol–water partition coefficient (Wildman–Crippen LogP) is 27.1. The first-order valence-corrected chi connectivity index (χ1v) is 45.6. The van der Waals surface area contributed by atoms with E-state index in [0.29, 0.717) is 35.5 Å². The van der Waals surface area contributed by atoms with Crippen LogP contribution in [-0.4, -0.2) is 39.6 Å². The molecule has 0 spiro atoms. The fraction of sp³-hybridized carbons (Fsp3) is 0.500. The van der Waals surface area contributed by atoms with E-state index < -0.39 is 32.4 Å². The van der Waals surface area contributed by atoms with E-state index in [0.717, 1.165) is 109 Å².